The summed E-state index contributed by atoms with van der Waals surface area (Å²) >= 11 is 0. The van der Waals surface area contributed by atoms with Gasteiger partial charge in [-0.25, -0.2) is 4.39 Å². The Hall–Kier alpha value is -0.930. The number of ketones is 1. The van der Waals surface area contributed by atoms with Crippen molar-refractivity contribution in [3.05, 3.63) is 0 Å². The summed E-state index contributed by atoms with van der Waals surface area (Å²) in [5.74, 6) is -0.131. The van der Waals surface area contributed by atoms with Gasteiger partial charge in [-0.05, 0) is 6.92 Å². The van der Waals surface area contributed by atoms with Gasteiger partial charge in [-0.1, -0.05) is 12.1 Å². The third-order valence-corrected chi connectivity index (χ3v) is 0.975. The molecule has 0 heterocycles. The van der Waals surface area contributed by atoms with Gasteiger partial charge in [-0.15, -0.1) is 0 Å². The third kappa shape index (κ3) is 3.17. The van der Waals surface area contributed by atoms with Crippen LogP contribution >= 0.6 is 0 Å². The van der Waals surface area contributed by atoms with Crippen molar-refractivity contribution in [2.45, 2.75) is 20.3 Å². The van der Waals surface area contributed by atoms with Gasteiger partial charge in [0, 0.05) is 6.42 Å². The van der Waals surface area contributed by atoms with Crippen molar-refractivity contribution >= 4 is 11.5 Å². The summed E-state index contributed by atoms with van der Waals surface area (Å²) in [4.78, 5) is 14.7. The minimum atomic E-state index is -0.992. The molecule has 0 saturated carbocycles. The molecule has 0 rings (SSSR count). The molecular weight excluding hydrogens is 137 g/mol. The zero-order chi connectivity index (χ0) is 7.98. The second-order valence-corrected chi connectivity index (χ2v) is 1.69. The third-order valence-electron chi connectivity index (χ3n) is 0.975. The van der Waals surface area contributed by atoms with E-state index in [0.29, 0.717) is 6.42 Å². The van der Waals surface area contributed by atoms with Crippen LogP contribution in [0.3, 0.4) is 0 Å². The second kappa shape index (κ2) is 4.90. The first-order chi connectivity index (χ1) is 4.72. The molecular formula is C6H10FNO2. The molecule has 0 aliphatic carbocycles. The van der Waals surface area contributed by atoms with Gasteiger partial charge in [0.25, 0.3) is 6.86 Å². The molecule has 0 aromatic carbocycles. The van der Waals surface area contributed by atoms with Crippen molar-refractivity contribution in [3.63, 3.8) is 0 Å². The number of rotatable bonds is 4. The van der Waals surface area contributed by atoms with Crippen molar-refractivity contribution in [1.29, 1.82) is 0 Å². The average molecular weight is 147 g/mol. The molecule has 0 N–H and O–H groups in total. The van der Waals surface area contributed by atoms with E-state index in [0.717, 1.165) is 0 Å². The quantitative estimate of drug-likeness (QED) is 0.444. The molecule has 0 saturated heterocycles. The highest BCUT2D eigenvalue weighted by molar-refractivity contribution is 6.38. The summed E-state index contributed by atoms with van der Waals surface area (Å²) in [6.07, 6.45) is 0.366. The standard InChI is InChI=1S/C6H10FNO2/c1-3-6(9)5(2)8-10-4-7/h3-4H2,1-2H3/b8-5+. The average Bonchev–Trinajstić information content (AvgIpc) is 1.98. The maximum atomic E-state index is 11.3. The first kappa shape index (κ1) is 9.07. The van der Waals surface area contributed by atoms with E-state index in [1.807, 2.05) is 0 Å². The molecule has 0 radical (unpaired) electrons. The van der Waals surface area contributed by atoms with Crippen molar-refractivity contribution < 1.29 is 14.0 Å². The molecule has 10 heavy (non-hydrogen) atoms. The van der Waals surface area contributed by atoms with E-state index in [1.54, 1.807) is 6.92 Å². The number of hydrogen-bond acceptors (Lipinski definition) is 3. The highest BCUT2D eigenvalue weighted by atomic mass is 19.1. The topological polar surface area (TPSA) is 38.7 Å². The van der Waals surface area contributed by atoms with E-state index in [2.05, 4.69) is 9.99 Å². The van der Waals surface area contributed by atoms with Crippen LogP contribution in [0.15, 0.2) is 5.16 Å². The smallest absolute Gasteiger partial charge is 0.255 e. The zero-order valence-electron chi connectivity index (χ0n) is 6.06. The Morgan fingerprint density at radius 2 is 2.30 bits per heavy atom. The van der Waals surface area contributed by atoms with Crippen molar-refractivity contribution in [2.24, 2.45) is 5.16 Å². The summed E-state index contributed by atoms with van der Waals surface area (Å²) < 4.78 is 11.3. The highest BCUT2D eigenvalue weighted by Gasteiger charge is 2.01. The Balaban J connectivity index is 3.80. The van der Waals surface area contributed by atoms with Crippen LogP contribution in [0.25, 0.3) is 0 Å². The number of carbonyl (C=O) groups is 1. The number of alkyl halides is 1. The van der Waals surface area contributed by atoms with Gasteiger partial charge in [-0.2, -0.15) is 0 Å². The minimum Gasteiger partial charge on any atom is -0.362 e. The van der Waals surface area contributed by atoms with Crippen molar-refractivity contribution in [2.75, 3.05) is 6.86 Å². The Morgan fingerprint density at radius 3 is 2.70 bits per heavy atom. The van der Waals surface area contributed by atoms with Gasteiger partial charge in [0.2, 0.25) is 0 Å². The molecule has 0 aromatic heterocycles. The Kier molecular flexibility index (Phi) is 4.45. The van der Waals surface area contributed by atoms with Gasteiger partial charge in [-0.3, -0.25) is 4.79 Å². The molecule has 4 heteroatoms. The van der Waals surface area contributed by atoms with Crippen LogP contribution in [0.2, 0.25) is 0 Å². The lowest BCUT2D eigenvalue weighted by Gasteiger charge is -1.93. The van der Waals surface area contributed by atoms with E-state index in [9.17, 15) is 9.18 Å². The fraction of sp³-hybridized carbons (Fsp3) is 0.667. The number of Topliss-reactive ketones (excluding diaryl/α,β-unsaturated/α-hetero) is 1. The molecule has 0 bridgehead atoms. The number of nitrogens with zero attached hydrogens (tertiary/aromatic N) is 1. The molecule has 0 atom stereocenters. The van der Waals surface area contributed by atoms with Crippen molar-refractivity contribution in [3.8, 4) is 0 Å². The summed E-state index contributed by atoms with van der Waals surface area (Å²) in [7, 11) is 0. The van der Waals surface area contributed by atoms with E-state index >= 15 is 0 Å². The SMILES string of the molecule is CCC(=O)/C(C)=N/OCF. The van der Waals surface area contributed by atoms with Gasteiger partial charge in [0.05, 0.1) is 0 Å². The summed E-state index contributed by atoms with van der Waals surface area (Å²) in [5, 5.41) is 3.21. The Morgan fingerprint density at radius 1 is 1.70 bits per heavy atom. The zero-order valence-corrected chi connectivity index (χ0v) is 6.06. The van der Waals surface area contributed by atoms with Gasteiger partial charge in [0.1, 0.15) is 5.71 Å². The molecule has 3 nitrogen and oxygen atoms in total. The maximum absolute atomic E-state index is 11.3. The second-order valence-electron chi connectivity index (χ2n) is 1.69. The van der Waals surface area contributed by atoms with Crippen molar-refractivity contribution in [1.82, 2.24) is 0 Å². The fourth-order valence-corrected chi connectivity index (χ4v) is 0.428. The normalized spacial score (nSPS) is 11.3. The number of hydrogen-bond donors (Lipinski definition) is 0. The van der Waals surface area contributed by atoms with E-state index in [4.69, 9.17) is 0 Å². The first-order valence-corrected chi connectivity index (χ1v) is 2.98. The van der Waals surface area contributed by atoms with Crippen LogP contribution in [0, 0.1) is 0 Å². The largest absolute Gasteiger partial charge is 0.362 e. The van der Waals surface area contributed by atoms with Crippen LogP contribution in [0.4, 0.5) is 4.39 Å². The molecule has 0 aromatic rings. The molecule has 0 amide bonds. The lowest BCUT2D eigenvalue weighted by molar-refractivity contribution is -0.112. The lowest BCUT2D eigenvalue weighted by atomic mass is 10.2. The molecule has 0 fully saturated rings. The Bertz CT molecular complexity index is 145. The molecule has 0 spiro atoms. The highest BCUT2D eigenvalue weighted by Crippen LogP contribution is 1.87. The van der Waals surface area contributed by atoms with Crippen LogP contribution in [0.5, 0.6) is 0 Å². The van der Waals surface area contributed by atoms with Gasteiger partial charge in [0.15, 0.2) is 5.78 Å². The number of oxime groups is 1. The first-order valence-electron chi connectivity index (χ1n) is 2.98. The summed E-state index contributed by atoms with van der Waals surface area (Å²) in [6.45, 7) is 2.20. The van der Waals surface area contributed by atoms with Gasteiger partial charge < -0.3 is 4.84 Å². The van der Waals surface area contributed by atoms with E-state index in [-0.39, 0.29) is 11.5 Å². The predicted octanol–water partition coefficient (Wildman–Crippen LogP) is 1.29. The molecule has 0 aliphatic heterocycles. The maximum Gasteiger partial charge on any atom is 0.255 e. The van der Waals surface area contributed by atoms with E-state index < -0.39 is 6.86 Å². The van der Waals surface area contributed by atoms with Crippen LogP contribution < -0.4 is 0 Å². The summed E-state index contributed by atoms with van der Waals surface area (Å²) in [5.41, 5.74) is 0.208. The molecule has 0 aliphatic rings. The molecule has 58 valence electrons. The number of halogens is 1. The van der Waals surface area contributed by atoms with Crippen LogP contribution in [0.1, 0.15) is 20.3 Å². The molecule has 0 unspecified atom stereocenters. The lowest BCUT2D eigenvalue weighted by Crippen LogP contribution is -2.08. The minimum absolute atomic E-state index is 0.131. The Labute approximate surface area is 58.9 Å². The van der Waals surface area contributed by atoms with Gasteiger partial charge >= 0.3 is 0 Å². The fourth-order valence-electron chi connectivity index (χ4n) is 0.428. The van der Waals surface area contributed by atoms with E-state index in [1.165, 1.54) is 6.92 Å². The monoisotopic (exact) mass is 147 g/mol. The van der Waals surface area contributed by atoms with Crippen LogP contribution in [-0.4, -0.2) is 18.4 Å². The predicted molar refractivity (Wildman–Crippen MR) is 35.5 cm³/mol. The van der Waals surface area contributed by atoms with Crippen LogP contribution in [-0.2, 0) is 9.63 Å². The summed E-state index contributed by atoms with van der Waals surface area (Å²) in [6, 6.07) is 0. The number of carbonyl (C=O) groups excluding carboxylic acids is 1.